The summed E-state index contributed by atoms with van der Waals surface area (Å²) in [5.41, 5.74) is 9.23. The third-order valence-electron chi connectivity index (χ3n) is 2.98. The van der Waals surface area contributed by atoms with Crippen LogP contribution in [0.3, 0.4) is 0 Å². The molecule has 0 atom stereocenters. The third kappa shape index (κ3) is 1.86. The quantitative estimate of drug-likeness (QED) is 0.881. The number of hydrogen-bond donors (Lipinski definition) is 1. The predicted molar refractivity (Wildman–Crippen MR) is 69.0 cm³/mol. The summed E-state index contributed by atoms with van der Waals surface area (Å²) >= 11 is 0. The van der Waals surface area contributed by atoms with E-state index in [4.69, 9.17) is 10.5 Å². The Balaban J connectivity index is 2.63. The van der Waals surface area contributed by atoms with Gasteiger partial charge < -0.3 is 10.5 Å². The lowest BCUT2D eigenvalue weighted by atomic mass is 9.99. The van der Waals surface area contributed by atoms with Gasteiger partial charge in [0, 0.05) is 18.2 Å². The Morgan fingerprint density at radius 2 is 2.12 bits per heavy atom. The zero-order valence-electron chi connectivity index (χ0n) is 10.4. The van der Waals surface area contributed by atoms with E-state index >= 15 is 0 Å². The van der Waals surface area contributed by atoms with Crippen LogP contribution in [-0.4, -0.2) is 16.9 Å². The first kappa shape index (κ1) is 11.5. The van der Waals surface area contributed by atoms with Crippen molar-refractivity contribution in [3.63, 3.8) is 0 Å². The third-order valence-corrected chi connectivity index (χ3v) is 2.98. The number of benzene rings is 1. The van der Waals surface area contributed by atoms with Gasteiger partial charge in [-0.1, -0.05) is 19.1 Å². The minimum absolute atomic E-state index is 0.674. The molecular formula is C13H17N3O. The number of rotatable bonds is 3. The zero-order valence-corrected chi connectivity index (χ0v) is 10.4. The average molecular weight is 231 g/mol. The molecule has 1 aromatic carbocycles. The van der Waals surface area contributed by atoms with Gasteiger partial charge in [-0.25, -0.2) is 0 Å². The molecule has 0 aliphatic rings. The first-order valence-electron chi connectivity index (χ1n) is 5.62. The van der Waals surface area contributed by atoms with Crippen molar-refractivity contribution in [2.45, 2.75) is 13.3 Å². The molecule has 0 saturated heterocycles. The number of nitrogen functional groups attached to an aromatic ring is 1. The molecule has 0 aliphatic carbocycles. The zero-order chi connectivity index (χ0) is 12.4. The van der Waals surface area contributed by atoms with Crippen molar-refractivity contribution in [2.24, 2.45) is 7.05 Å². The van der Waals surface area contributed by atoms with Crippen LogP contribution in [0.5, 0.6) is 5.75 Å². The standard InChI is InChI=1S/C13H17N3O/c1-4-9-10(6-5-7-12(9)17-3)11-8-15-16(2)13(11)14/h5-8H,4,14H2,1-3H3. The molecular weight excluding hydrogens is 214 g/mol. The second kappa shape index (κ2) is 4.49. The topological polar surface area (TPSA) is 53.1 Å². The largest absolute Gasteiger partial charge is 0.496 e. The molecule has 0 fully saturated rings. The summed E-state index contributed by atoms with van der Waals surface area (Å²) in [7, 11) is 3.52. The molecule has 2 aromatic rings. The monoisotopic (exact) mass is 231 g/mol. The normalized spacial score (nSPS) is 10.5. The van der Waals surface area contributed by atoms with Gasteiger partial charge >= 0.3 is 0 Å². The number of aryl methyl sites for hydroxylation is 1. The molecule has 1 aromatic heterocycles. The van der Waals surface area contributed by atoms with E-state index in [1.54, 1.807) is 18.0 Å². The maximum absolute atomic E-state index is 6.01. The number of anilines is 1. The van der Waals surface area contributed by atoms with Gasteiger partial charge in [-0.05, 0) is 18.1 Å². The maximum atomic E-state index is 6.01. The van der Waals surface area contributed by atoms with Gasteiger partial charge in [0.15, 0.2) is 0 Å². The Kier molecular flexibility index (Phi) is 3.04. The fourth-order valence-electron chi connectivity index (χ4n) is 2.03. The van der Waals surface area contributed by atoms with Gasteiger partial charge in [0.25, 0.3) is 0 Å². The molecule has 17 heavy (non-hydrogen) atoms. The van der Waals surface area contributed by atoms with Crippen LogP contribution in [0.4, 0.5) is 5.82 Å². The van der Waals surface area contributed by atoms with E-state index in [1.165, 1.54) is 0 Å². The van der Waals surface area contributed by atoms with Crippen molar-refractivity contribution >= 4 is 5.82 Å². The molecule has 0 radical (unpaired) electrons. The lowest BCUT2D eigenvalue weighted by Gasteiger charge is -2.12. The van der Waals surface area contributed by atoms with Gasteiger partial charge in [0.05, 0.1) is 13.3 Å². The van der Waals surface area contributed by atoms with Gasteiger partial charge in [0.1, 0.15) is 11.6 Å². The van der Waals surface area contributed by atoms with Crippen LogP contribution >= 0.6 is 0 Å². The summed E-state index contributed by atoms with van der Waals surface area (Å²) in [6.45, 7) is 2.11. The van der Waals surface area contributed by atoms with E-state index in [0.717, 1.165) is 28.9 Å². The lowest BCUT2D eigenvalue weighted by Crippen LogP contribution is -1.99. The van der Waals surface area contributed by atoms with Crippen LogP contribution in [0.25, 0.3) is 11.1 Å². The molecule has 0 amide bonds. The minimum Gasteiger partial charge on any atom is -0.496 e. The number of nitrogens with two attached hydrogens (primary N) is 1. The second-order valence-electron chi connectivity index (χ2n) is 3.91. The van der Waals surface area contributed by atoms with E-state index in [0.29, 0.717) is 5.82 Å². The van der Waals surface area contributed by atoms with Crippen molar-refractivity contribution in [3.8, 4) is 16.9 Å². The fraction of sp³-hybridized carbons (Fsp3) is 0.308. The molecule has 2 rings (SSSR count). The molecule has 0 saturated carbocycles. The highest BCUT2D eigenvalue weighted by Crippen LogP contribution is 2.33. The van der Waals surface area contributed by atoms with Gasteiger partial charge in [-0.3, -0.25) is 4.68 Å². The number of aromatic nitrogens is 2. The summed E-state index contributed by atoms with van der Waals surface area (Å²) in [6.07, 6.45) is 2.69. The fourth-order valence-corrected chi connectivity index (χ4v) is 2.03. The van der Waals surface area contributed by atoms with E-state index in [-0.39, 0.29) is 0 Å². The highest BCUT2D eigenvalue weighted by molar-refractivity contribution is 5.77. The molecule has 4 heteroatoms. The van der Waals surface area contributed by atoms with Crippen molar-refractivity contribution in [3.05, 3.63) is 30.0 Å². The van der Waals surface area contributed by atoms with Crippen molar-refractivity contribution in [2.75, 3.05) is 12.8 Å². The molecule has 0 aliphatic heterocycles. The van der Waals surface area contributed by atoms with Crippen LogP contribution in [0, 0.1) is 0 Å². The molecule has 0 unspecified atom stereocenters. The SMILES string of the molecule is CCc1c(OC)cccc1-c1cnn(C)c1N. The van der Waals surface area contributed by atoms with E-state index in [2.05, 4.69) is 18.1 Å². The van der Waals surface area contributed by atoms with Crippen molar-refractivity contribution in [1.29, 1.82) is 0 Å². The smallest absolute Gasteiger partial charge is 0.129 e. The Hall–Kier alpha value is -1.97. The van der Waals surface area contributed by atoms with Crippen LogP contribution in [0.15, 0.2) is 24.4 Å². The summed E-state index contributed by atoms with van der Waals surface area (Å²) in [6, 6.07) is 5.99. The van der Waals surface area contributed by atoms with E-state index in [1.807, 2.05) is 19.2 Å². The maximum Gasteiger partial charge on any atom is 0.129 e. The Bertz CT molecular complexity index is 531. The Morgan fingerprint density at radius 3 is 2.65 bits per heavy atom. The molecule has 4 nitrogen and oxygen atoms in total. The van der Waals surface area contributed by atoms with Crippen LogP contribution in [0.2, 0.25) is 0 Å². The van der Waals surface area contributed by atoms with Gasteiger partial charge in [0.2, 0.25) is 0 Å². The first-order chi connectivity index (χ1) is 8.19. The number of nitrogens with zero attached hydrogens (tertiary/aromatic N) is 2. The number of ether oxygens (including phenoxy) is 1. The van der Waals surface area contributed by atoms with Crippen LogP contribution < -0.4 is 10.5 Å². The van der Waals surface area contributed by atoms with E-state index < -0.39 is 0 Å². The first-order valence-corrected chi connectivity index (χ1v) is 5.62. The highest BCUT2D eigenvalue weighted by Gasteiger charge is 2.13. The predicted octanol–water partition coefficient (Wildman–Crippen LogP) is 2.24. The molecule has 0 spiro atoms. The van der Waals surface area contributed by atoms with Crippen LogP contribution in [0.1, 0.15) is 12.5 Å². The van der Waals surface area contributed by atoms with Crippen molar-refractivity contribution in [1.82, 2.24) is 9.78 Å². The van der Waals surface area contributed by atoms with Crippen molar-refractivity contribution < 1.29 is 4.74 Å². The Labute approximate surface area is 101 Å². The van der Waals surface area contributed by atoms with Gasteiger partial charge in [-0.15, -0.1) is 0 Å². The second-order valence-corrected chi connectivity index (χ2v) is 3.91. The summed E-state index contributed by atoms with van der Waals surface area (Å²) in [5, 5.41) is 4.17. The molecule has 0 bridgehead atoms. The number of methoxy groups -OCH3 is 1. The van der Waals surface area contributed by atoms with E-state index in [9.17, 15) is 0 Å². The molecule has 90 valence electrons. The highest BCUT2D eigenvalue weighted by atomic mass is 16.5. The van der Waals surface area contributed by atoms with Gasteiger partial charge in [-0.2, -0.15) is 5.10 Å². The molecule has 2 N–H and O–H groups in total. The minimum atomic E-state index is 0.674. The summed E-state index contributed by atoms with van der Waals surface area (Å²) < 4.78 is 7.05. The average Bonchev–Trinajstić information content (AvgIpc) is 2.69. The van der Waals surface area contributed by atoms with Crippen LogP contribution in [-0.2, 0) is 13.5 Å². The summed E-state index contributed by atoms with van der Waals surface area (Å²) in [5.74, 6) is 1.57. The Morgan fingerprint density at radius 1 is 1.35 bits per heavy atom. The summed E-state index contributed by atoms with van der Waals surface area (Å²) in [4.78, 5) is 0. The molecule has 1 heterocycles. The number of hydrogen-bond acceptors (Lipinski definition) is 3. The lowest BCUT2D eigenvalue weighted by molar-refractivity contribution is 0.410.